The molecule has 0 radical (unpaired) electrons. The second-order valence-electron chi connectivity index (χ2n) is 2.11. The third-order valence-electron chi connectivity index (χ3n) is 1.22. The number of benzene rings is 1. The number of rotatable bonds is 1. The van der Waals surface area contributed by atoms with Gasteiger partial charge in [-0.15, -0.1) is 0 Å². The van der Waals surface area contributed by atoms with E-state index in [4.69, 9.17) is 5.21 Å². The molecule has 0 amide bonds. The molecule has 0 aliphatic carbocycles. The molecular formula is C7H8NO2+. The fourth-order valence-electron chi connectivity index (χ4n) is 0.747. The average Bonchev–Trinajstić information content (AvgIpc) is 1.88. The highest BCUT2D eigenvalue weighted by atomic mass is 16.6. The molecular weight excluding hydrogens is 130 g/mol. The van der Waals surface area contributed by atoms with Crippen molar-refractivity contribution < 1.29 is 10.1 Å². The van der Waals surface area contributed by atoms with Crippen molar-refractivity contribution in [3.05, 3.63) is 34.7 Å². The van der Waals surface area contributed by atoms with E-state index in [-0.39, 0.29) is 10.6 Å². The van der Waals surface area contributed by atoms with E-state index in [1.54, 1.807) is 18.2 Å². The second-order valence-corrected chi connectivity index (χ2v) is 2.11. The van der Waals surface area contributed by atoms with Gasteiger partial charge in [-0.3, -0.25) is 0 Å². The largest absolute Gasteiger partial charge is 0.316 e. The van der Waals surface area contributed by atoms with Crippen molar-refractivity contribution in [2.45, 2.75) is 6.92 Å². The Balaban J connectivity index is 3.07. The van der Waals surface area contributed by atoms with Crippen LogP contribution in [0.5, 0.6) is 0 Å². The van der Waals surface area contributed by atoms with E-state index in [2.05, 4.69) is 0 Å². The number of aryl methyl sites for hydroxylation is 1. The van der Waals surface area contributed by atoms with Gasteiger partial charge in [-0.2, -0.15) is 0 Å². The smallest absolute Gasteiger partial charge is 0.241 e. The highest BCUT2D eigenvalue weighted by Gasteiger charge is 2.08. The van der Waals surface area contributed by atoms with Gasteiger partial charge >= 0.3 is 5.69 Å². The summed E-state index contributed by atoms with van der Waals surface area (Å²) >= 11 is 0. The molecule has 0 aromatic heterocycles. The van der Waals surface area contributed by atoms with E-state index in [0.29, 0.717) is 0 Å². The maximum Gasteiger partial charge on any atom is 0.316 e. The van der Waals surface area contributed by atoms with Crippen LogP contribution in [0.3, 0.4) is 0 Å². The van der Waals surface area contributed by atoms with Crippen LogP contribution in [0.4, 0.5) is 5.69 Å². The van der Waals surface area contributed by atoms with Gasteiger partial charge in [0.05, 0.1) is 4.91 Å². The first-order chi connectivity index (χ1) is 4.70. The third-order valence-corrected chi connectivity index (χ3v) is 1.22. The fraction of sp³-hybridized carbons (Fsp3) is 0.143. The van der Waals surface area contributed by atoms with E-state index in [1.807, 2.05) is 13.0 Å². The van der Waals surface area contributed by atoms with Crippen LogP contribution in [0, 0.1) is 11.8 Å². The van der Waals surface area contributed by atoms with Gasteiger partial charge in [0.1, 0.15) is 0 Å². The van der Waals surface area contributed by atoms with Crippen LogP contribution in [0.15, 0.2) is 24.3 Å². The monoisotopic (exact) mass is 138 g/mol. The summed E-state index contributed by atoms with van der Waals surface area (Å²) in [7, 11) is 0. The molecule has 10 heavy (non-hydrogen) atoms. The van der Waals surface area contributed by atoms with E-state index in [9.17, 15) is 4.91 Å². The summed E-state index contributed by atoms with van der Waals surface area (Å²) in [6.07, 6.45) is 0. The molecule has 0 saturated carbocycles. The van der Waals surface area contributed by atoms with E-state index >= 15 is 0 Å². The van der Waals surface area contributed by atoms with E-state index in [0.717, 1.165) is 5.56 Å². The highest BCUT2D eigenvalue weighted by molar-refractivity contribution is 5.32. The van der Waals surface area contributed by atoms with Gasteiger partial charge in [-0.1, -0.05) is 12.1 Å². The van der Waals surface area contributed by atoms with Crippen molar-refractivity contribution in [2.75, 3.05) is 0 Å². The normalized spacial score (nSPS) is 9.30. The van der Waals surface area contributed by atoms with Gasteiger partial charge in [0, 0.05) is 12.1 Å². The van der Waals surface area contributed by atoms with Gasteiger partial charge in [0.2, 0.25) is 0 Å². The zero-order chi connectivity index (χ0) is 7.56. The van der Waals surface area contributed by atoms with Gasteiger partial charge in [0.15, 0.2) is 0 Å². The summed E-state index contributed by atoms with van der Waals surface area (Å²) in [5.74, 6) is 0. The Kier molecular flexibility index (Phi) is 1.67. The number of nitrogens with zero attached hydrogens (tertiary/aromatic N) is 1. The second kappa shape index (κ2) is 2.47. The Bertz CT molecular complexity index is 258. The first-order valence-electron chi connectivity index (χ1n) is 2.93. The van der Waals surface area contributed by atoms with Crippen LogP contribution >= 0.6 is 0 Å². The number of hydrogen-bond donors (Lipinski definition) is 1. The van der Waals surface area contributed by atoms with Gasteiger partial charge in [-0.25, -0.2) is 5.21 Å². The lowest BCUT2D eigenvalue weighted by molar-refractivity contribution is -0.729. The van der Waals surface area contributed by atoms with Crippen molar-refractivity contribution in [2.24, 2.45) is 0 Å². The summed E-state index contributed by atoms with van der Waals surface area (Å²) in [4.78, 5) is 10.1. The van der Waals surface area contributed by atoms with E-state index in [1.165, 1.54) is 0 Å². The Morgan fingerprint density at radius 2 is 2.20 bits per heavy atom. The highest BCUT2D eigenvalue weighted by Crippen LogP contribution is 2.10. The summed E-state index contributed by atoms with van der Waals surface area (Å²) in [5, 5.41) is 8.43. The van der Waals surface area contributed by atoms with Crippen LogP contribution in [0.2, 0.25) is 0 Å². The molecule has 1 aromatic rings. The minimum absolute atomic E-state index is 0.146. The Hall–Kier alpha value is -1.38. The van der Waals surface area contributed by atoms with Gasteiger partial charge in [0.25, 0.3) is 4.92 Å². The summed E-state index contributed by atoms with van der Waals surface area (Å²) < 4.78 is 0. The Morgan fingerprint density at radius 1 is 1.50 bits per heavy atom. The fourth-order valence-corrected chi connectivity index (χ4v) is 0.747. The maximum atomic E-state index is 10.3. The van der Waals surface area contributed by atoms with E-state index < -0.39 is 0 Å². The molecule has 0 saturated heterocycles. The predicted octanol–water partition coefficient (Wildman–Crippen LogP) is 1.79. The lowest BCUT2D eigenvalue weighted by Crippen LogP contribution is -1.90. The summed E-state index contributed by atoms with van der Waals surface area (Å²) in [6.45, 7) is 1.85. The summed E-state index contributed by atoms with van der Waals surface area (Å²) in [5.41, 5.74) is 1.22. The number of hydrogen-bond acceptors (Lipinski definition) is 1. The van der Waals surface area contributed by atoms with Crippen LogP contribution in [0.25, 0.3) is 0 Å². The molecule has 1 rings (SSSR count). The minimum Gasteiger partial charge on any atom is -0.241 e. The summed E-state index contributed by atoms with van der Waals surface area (Å²) in [6, 6.07) is 6.71. The molecule has 0 unspecified atom stereocenters. The maximum absolute atomic E-state index is 10.3. The first kappa shape index (κ1) is 6.74. The van der Waals surface area contributed by atoms with Crippen LogP contribution in [-0.2, 0) is 0 Å². The van der Waals surface area contributed by atoms with Gasteiger partial charge < -0.3 is 0 Å². The van der Waals surface area contributed by atoms with Crippen LogP contribution in [0.1, 0.15) is 5.56 Å². The lowest BCUT2D eigenvalue weighted by atomic mass is 10.2. The van der Waals surface area contributed by atoms with Crippen molar-refractivity contribution >= 4 is 5.69 Å². The van der Waals surface area contributed by atoms with Crippen molar-refractivity contribution in [3.63, 3.8) is 0 Å². The molecule has 0 aliphatic rings. The molecule has 0 atom stereocenters. The topological polar surface area (TPSA) is 40.3 Å². The molecule has 3 heteroatoms. The zero-order valence-corrected chi connectivity index (χ0v) is 5.61. The standard InChI is InChI=1S/C7H8NO2/c1-6-3-2-4-7(5-6)8(9)10/h2-5H,1H3,(H,9,10)/q+1. The molecule has 52 valence electrons. The molecule has 1 aromatic carbocycles. The van der Waals surface area contributed by atoms with Crippen molar-refractivity contribution in [1.29, 1.82) is 0 Å². The van der Waals surface area contributed by atoms with Crippen molar-refractivity contribution in [3.8, 4) is 0 Å². The SMILES string of the molecule is Cc1cccc([N+](=O)O)c1. The van der Waals surface area contributed by atoms with Crippen molar-refractivity contribution in [1.82, 2.24) is 0 Å². The molecule has 0 spiro atoms. The quantitative estimate of drug-likeness (QED) is 0.601. The third kappa shape index (κ3) is 1.31. The minimum atomic E-state index is -0.146. The van der Waals surface area contributed by atoms with Gasteiger partial charge in [-0.05, 0) is 12.5 Å². The Labute approximate surface area is 58.4 Å². The predicted molar refractivity (Wildman–Crippen MR) is 36.3 cm³/mol. The Morgan fingerprint density at radius 3 is 2.60 bits per heavy atom. The molecule has 1 N–H and O–H groups in total. The lowest BCUT2D eigenvalue weighted by Gasteiger charge is -1.86. The van der Waals surface area contributed by atoms with Crippen LogP contribution in [-0.4, -0.2) is 10.1 Å². The molecule has 0 aliphatic heterocycles. The molecule has 0 heterocycles. The first-order valence-corrected chi connectivity index (χ1v) is 2.93. The van der Waals surface area contributed by atoms with Crippen LogP contribution < -0.4 is 0 Å². The molecule has 0 fully saturated rings. The molecule has 0 bridgehead atoms. The zero-order valence-electron chi connectivity index (χ0n) is 5.61. The molecule has 3 nitrogen and oxygen atoms in total. The average molecular weight is 138 g/mol.